The zero-order chi connectivity index (χ0) is 10.7. The van der Waals surface area contributed by atoms with E-state index in [2.05, 4.69) is 23.5 Å². The number of rotatable bonds is 6. The molecule has 2 rings (SSSR count). The highest BCUT2D eigenvalue weighted by Gasteiger charge is 2.41. The molecule has 0 bridgehead atoms. The Hall–Kier alpha value is -0.0600. The number of hydrogen-bond donors (Lipinski definition) is 1. The van der Waals surface area contributed by atoms with Crippen LogP contribution in [0.4, 0.5) is 0 Å². The molecule has 1 N–H and O–H groups in total. The zero-order valence-corrected chi connectivity index (χ0v) is 11.0. The predicted octanol–water partition coefficient (Wildman–Crippen LogP) is 2.69. The van der Waals surface area contributed by atoms with Gasteiger partial charge >= 0.3 is 0 Å². The molecule has 0 amide bonds. The van der Waals surface area contributed by atoms with E-state index in [1.165, 1.54) is 22.7 Å². The summed E-state index contributed by atoms with van der Waals surface area (Å²) in [6.07, 6.45) is 8.04. The number of aromatic nitrogens is 1. The molecule has 1 aliphatic rings. The molecule has 0 radical (unpaired) electrons. The fourth-order valence-corrected chi connectivity index (χ4v) is 3.19. The Morgan fingerprint density at radius 1 is 1.60 bits per heavy atom. The van der Waals surface area contributed by atoms with Gasteiger partial charge in [-0.2, -0.15) is 11.8 Å². The fraction of sp³-hybridized carbons (Fsp3) is 0.727. The van der Waals surface area contributed by atoms with Crippen LogP contribution in [0.1, 0.15) is 29.7 Å². The smallest absolute Gasteiger partial charge is 0.0925 e. The van der Waals surface area contributed by atoms with Gasteiger partial charge in [0, 0.05) is 28.9 Å². The van der Waals surface area contributed by atoms with Crippen LogP contribution in [0.25, 0.3) is 0 Å². The SMILES string of the molecule is CCc1ncc(CNCC2(SC)CC2)s1. The summed E-state index contributed by atoms with van der Waals surface area (Å²) in [6, 6.07) is 0. The van der Waals surface area contributed by atoms with Crippen molar-refractivity contribution in [2.75, 3.05) is 12.8 Å². The van der Waals surface area contributed by atoms with Crippen LogP contribution in [-0.4, -0.2) is 22.5 Å². The minimum absolute atomic E-state index is 0.568. The number of thiazole rings is 1. The summed E-state index contributed by atoms with van der Waals surface area (Å²) in [4.78, 5) is 5.72. The van der Waals surface area contributed by atoms with Gasteiger partial charge in [-0.05, 0) is 25.5 Å². The molecule has 15 heavy (non-hydrogen) atoms. The lowest BCUT2D eigenvalue weighted by atomic mass is 10.4. The minimum Gasteiger partial charge on any atom is -0.310 e. The second kappa shape index (κ2) is 4.85. The lowest BCUT2D eigenvalue weighted by Gasteiger charge is -2.11. The molecular weight excluding hydrogens is 224 g/mol. The van der Waals surface area contributed by atoms with E-state index >= 15 is 0 Å². The van der Waals surface area contributed by atoms with Gasteiger partial charge in [0.1, 0.15) is 0 Å². The summed E-state index contributed by atoms with van der Waals surface area (Å²) in [5.41, 5.74) is 0. The van der Waals surface area contributed by atoms with Gasteiger partial charge in [0.2, 0.25) is 0 Å². The van der Waals surface area contributed by atoms with E-state index in [1.54, 1.807) is 0 Å². The Morgan fingerprint density at radius 3 is 2.93 bits per heavy atom. The molecular formula is C11H18N2S2. The lowest BCUT2D eigenvalue weighted by molar-refractivity contribution is 0.668. The molecule has 1 aliphatic carbocycles. The van der Waals surface area contributed by atoms with Gasteiger partial charge in [0.05, 0.1) is 5.01 Å². The van der Waals surface area contributed by atoms with Crippen molar-refractivity contribution in [3.8, 4) is 0 Å². The highest BCUT2D eigenvalue weighted by atomic mass is 32.2. The molecule has 1 fully saturated rings. The van der Waals surface area contributed by atoms with Crippen LogP contribution in [0, 0.1) is 0 Å². The second-order valence-electron chi connectivity index (χ2n) is 4.06. The van der Waals surface area contributed by atoms with Crippen molar-refractivity contribution in [3.05, 3.63) is 16.1 Å². The monoisotopic (exact) mass is 242 g/mol. The van der Waals surface area contributed by atoms with Gasteiger partial charge in [-0.1, -0.05) is 6.92 Å². The molecule has 0 aliphatic heterocycles. The van der Waals surface area contributed by atoms with E-state index in [1.807, 2.05) is 29.3 Å². The van der Waals surface area contributed by atoms with E-state index in [0.717, 1.165) is 19.5 Å². The summed E-state index contributed by atoms with van der Waals surface area (Å²) in [5, 5.41) is 4.79. The third kappa shape index (κ3) is 2.95. The predicted molar refractivity (Wildman–Crippen MR) is 68.7 cm³/mol. The molecule has 0 atom stereocenters. The number of nitrogens with one attached hydrogen (secondary N) is 1. The van der Waals surface area contributed by atoms with E-state index < -0.39 is 0 Å². The van der Waals surface area contributed by atoms with Gasteiger partial charge in [-0.15, -0.1) is 11.3 Å². The first kappa shape index (κ1) is 11.4. The molecule has 1 heterocycles. The summed E-state index contributed by atoms with van der Waals surface area (Å²) < 4.78 is 0.568. The van der Waals surface area contributed by atoms with Crippen LogP contribution in [0.15, 0.2) is 6.20 Å². The summed E-state index contributed by atoms with van der Waals surface area (Å²) in [6.45, 7) is 4.29. The van der Waals surface area contributed by atoms with Gasteiger partial charge in [-0.25, -0.2) is 4.98 Å². The first-order valence-corrected chi connectivity index (χ1v) is 7.51. The molecule has 84 valence electrons. The van der Waals surface area contributed by atoms with Crippen LogP contribution < -0.4 is 5.32 Å². The molecule has 0 unspecified atom stereocenters. The van der Waals surface area contributed by atoms with E-state index in [9.17, 15) is 0 Å². The van der Waals surface area contributed by atoms with E-state index in [4.69, 9.17) is 0 Å². The van der Waals surface area contributed by atoms with Crippen molar-refractivity contribution >= 4 is 23.1 Å². The van der Waals surface area contributed by atoms with Crippen LogP contribution in [0.5, 0.6) is 0 Å². The quantitative estimate of drug-likeness (QED) is 0.830. The van der Waals surface area contributed by atoms with E-state index in [0.29, 0.717) is 4.75 Å². The van der Waals surface area contributed by atoms with Crippen molar-refractivity contribution in [1.29, 1.82) is 0 Å². The molecule has 4 heteroatoms. The third-order valence-corrected chi connectivity index (χ3v) is 5.45. The molecule has 1 saturated carbocycles. The normalized spacial score (nSPS) is 18.0. The van der Waals surface area contributed by atoms with Crippen molar-refractivity contribution < 1.29 is 0 Å². The first-order chi connectivity index (χ1) is 7.28. The summed E-state index contributed by atoms with van der Waals surface area (Å²) in [7, 11) is 0. The molecule has 0 saturated heterocycles. The fourth-order valence-electron chi connectivity index (χ4n) is 1.60. The third-order valence-electron chi connectivity index (χ3n) is 2.89. The number of aryl methyl sites for hydroxylation is 1. The molecule has 1 aromatic heterocycles. The molecule has 0 aromatic carbocycles. The van der Waals surface area contributed by atoms with Crippen LogP contribution in [0.2, 0.25) is 0 Å². The average molecular weight is 242 g/mol. The van der Waals surface area contributed by atoms with Crippen molar-refractivity contribution in [1.82, 2.24) is 10.3 Å². The summed E-state index contributed by atoms with van der Waals surface area (Å²) >= 11 is 3.84. The standard InChI is InChI=1S/C11H18N2S2/c1-3-10-13-7-9(15-10)6-12-8-11(14-2)4-5-11/h7,12H,3-6,8H2,1-2H3. The Balaban J connectivity index is 1.73. The number of hydrogen-bond acceptors (Lipinski definition) is 4. The minimum atomic E-state index is 0.568. The maximum absolute atomic E-state index is 4.36. The second-order valence-corrected chi connectivity index (χ2v) is 6.54. The highest BCUT2D eigenvalue weighted by molar-refractivity contribution is 8.00. The average Bonchev–Trinajstić information content (AvgIpc) is 2.89. The Labute approximate surface area is 99.9 Å². The zero-order valence-electron chi connectivity index (χ0n) is 9.38. The molecule has 0 spiro atoms. The number of nitrogens with zero attached hydrogens (tertiary/aromatic N) is 1. The Bertz CT molecular complexity index is 318. The maximum atomic E-state index is 4.36. The van der Waals surface area contributed by atoms with Crippen LogP contribution >= 0.6 is 23.1 Å². The summed E-state index contributed by atoms with van der Waals surface area (Å²) in [5.74, 6) is 0. The van der Waals surface area contributed by atoms with Gasteiger partial charge in [-0.3, -0.25) is 0 Å². The maximum Gasteiger partial charge on any atom is 0.0925 e. The largest absolute Gasteiger partial charge is 0.310 e. The van der Waals surface area contributed by atoms with Crippen LogP contribution in [-0.2, 0) is 13.0 Å². The van der Waals surface area contributed by atoms with Gasteiger partial charge in [0.15, 0.2) is 0 Å². The topological polar surface area (TPSA) is 24.9 Å². The van der Waals surface area contributed by atoms with Crippen molar-refractivity contribution in [2.45, 2.75) is 37.5 Å². The number of thioether (sulfide) groups is 1. The van der Waals surface area contributed by atoms with E-state index in [-0.39, 0.29) is 0 Å². The van der Waals surface area contributed by atoms with Gasteiger partial charge in [0.25, 0.3) is 0 Å². The van der Waals surface area contributed by atoms with Crippen molar-refractivity contribution in [3.63, 3.8) is 0 Å². The van der Waals surface area contributed by atoms with Gasteiger partial charge < -0.3 is 5.32 Å². The lowest BCUT2D eigenvalue weighted by Crippen LogP contribution is -2.25. The molecule has 1 aromatic rings. The molecule has 2 nitrogen and oxygen atoms in total. The Kier molecular flexibility index (Phi) is 3.69. The van der Waals surface area contributed by atoms with Crippen LogP contribution in [0.3, 0.4) is 0 Å². The van der Waals surface area contributed by atoms with Crippen molar-refractivity contribution in [2.24, 2.45) is 0 Å². The highest BCUT2D eigenvalue weighted by Crippen LogP contribution is 2.46. The Morgan fingerprint density at radius 2 is 2.40 bits per heavy atom. The first-order valence-electron chi connectivity index (χ1n) is 5.47.